The molecular weight excluding hydrogens is 288 g/mol. The van der Waals surface area contributed by atoms with Crippen molar-refractivity contribution >= 4 is 0 Å². The van der Waals surface area contributed by atoms with Crippen LogP contribution in [0.25, 0.3) is 11.1 Å². The van der Waals surface area contributed by atoms with Crippen LogP contribution in [0.5, 0.6) is 17.2 Å². The van der Waals surface area contributed by atoms with Gasteiger partial charge in [0.05, 0.1) is 0 Å². The summed E-state index contributed by atoms with van der Waals surface area (Å²) in [5.41, 5.74) is 5.15. The highest BCUT2D eigenvalue weighted by Crippen LogP contribution is 2.54. The maximum Gasteiger partial charge on any atom is 0.165 e. The fraction of sp³-hybridized carbons (Fsp3) is 0.400. The summed E-state index contributed by atoms with van der Waals surface area (Å²) in [6.45, 7) is 2.23. The first kappa shape index (κ1) is 14.4. The van der Waals surface area contributed by atoms with Gasteiger partial charge in [-0.15, -0.1) is 0 Å². The summed E-state index contributed by atoms with van der Waals surface area (Å²) in [4.78, 5) is 0. The fourth-order valence-corrected chi connectivity index (χ4v) is 4.64. The van der Waals surface area contributed by atoms with Crippen LogP contribution in [-0.4, -0.2) is 15.3 Å². The van der Waals surface area contributed by atoms with E-state index in [0.717, 1.165) is 30.4 Å². The lowest BCUT2D eigenvalue weighted by Crippen LogP contribution is -2.26. The average Bonchev–Trinajstić information content (AvgIpc) is 2.53. The van der Waals surface area contributed by atoms with Crippen molar-refractivity contribution in [2.75, 3.05) is 0 Å². The number of phenolic OH excluding ortho intramolecular Hbond substituents is 3. The second-order valence-corrected chi connectivity index (χ2v) is 6.93. The maximum absolute atomic E-state index is 10.4. The van der Waals surface area contributed by atoms with Crippen LogP contribution >= 0.6 is 0 Å². The Morgan fingerprint density at radius 2 is 1.91 bits per heavy atom. The topological polar surface area (TPSA) is 60.7 Å². The number of phenols is 3. The summed E-state index contributed by atoms with van der Waals surface area (Å²) in [6, 6.07) is 7.10. The number of aryl methyl sites for hydroxylation is 1. The lowest BCUT2D eigenvalue weighted by molar-refractivity contribution is 0.339. The van der Waals surface area contributed by atoms with Crippen molar-refractivity contribution in [2.45, 2.75) is 44.9 Å². The lowest BCUT2D eigenvalue weighted by Gasteiger charge is -2.39. The van der Waals surface area contributed by atoms with Crippen LogP contribution in [0.3, 0.4) is 0 Å². The van der Waals surface area contributed by atoms with Crippen LogP contribution < -0.4 is 0 Å². The van der Waals surface area contributed by atoms with E-state index in [1.165, 1.54) is 24.0 Å². The van der Waals surface area contributed by atoms with Crippen molar-refractivity contribution in [3.05, 3.63) is 41.0 Å². The highest BCUT2D eigenvalue weighted by molar-refractivity contribution is 5.83. The van der Waals surface area contributed by atoms with Crippen molar-refractivity contribution in [1.82, 2.24) is 0 Å². The molecule has 0 saturated heterocycles. The molecule has 2 atom stereocenters. The molecule has 0 heterocycles. The van der Waals surface area contributed by atoms with Crippen molar-refractivity contribution in [1.29, 1.82) is 0 Å². The molecular formula is C20H22O3. The zero-order valence-corrected chi connectivity index (χ0v) is 13.3. The van der Waals surface area contributed by atoms with E-state index in [-0.39, 0.29) is 17.2 Å². The van der Waals surface area contributed by atoms with Crippen LogP contribution in [-0.2, 0) is 12.8 Å². The molecule has 23 heavy (non-hydrogen) atoms. The number of benzene rings is 2. The van der Waals surface area contributed by atoms with E-state index >= 15 is 0 Å². The van der Waals surface area contributed by atoms with Gasteiger partial charge in [0, 0.05) is 5.56 Å². The van der Waals surface area contributed by atoms with Gasteiger partial charge in [0.15, 0.2) is 11.5 Å². The second-order valence-electron chi connectivity index (χ2n) is 6.93. The van der Waals surface area contributed by atoms with Crippen molar-refractivity contribution in [3.63, 3.8) is 0 Å². The first-order valence-electron chi connectivity index (χ1n) is 8.50. The largest absolute Gasteiger partial charge is 0.508 e. The van der Waals surface area contributed by atoms with E-state index in [1.54, 1.807) is 12.1 Å². The monoisotopic (exact) mass is 310 g/mol. The summed E-state index contributed by atoms with van der Waals surface area (Å²) < 4.78 is 0. The minimum Gasteiger partial charge on any atom is -0.508 e. The van der Waals surface area contributed by atoms with Gasteiger partial charge < -0.3 is 15.3 Å². The molecule has 2 aliphatic rings. The molecule has 0 aliphatic heterocycles. The van der Waals surface area contributed by atoms with E-state index in [9.17, 15) is 15.3 Å². The Bertz CT molecular complexity index is 779. The Morgan fingerprint density at radius 3 is 2.70 bits per heavy atom. The molecule has 0 spiro atoms. The zero-order chi connectivity index (χ0) is 16.1. The number of fused-ring (bicyclic) bond motifs is 2. The van der Waals surface area contributed by atoms with Gasteiger partial charge in [-0.2, -0.15) is 0 Å². The Labute approximate surface area is 136 Å². The van der Waals surface area contributed by atoms with Gasteiger partial charge in [0.1, 0.15) is 5.75 Å². The molecule has 4 rings (SSSR count). The molecule has 2 aromatic rings. The second kappa shape index (κ2) is 5.19. The summed E-state index contributed by atoms with van der Waals surface area (Å²) in [6.07, 6.45) is 5.43. The highest BCUT2D eigenvalue weighted by atomic mass is 16.3. The SMILES string of the molecule is CCCC1CCc2cc(O)cc3c2[C@H]1Cc1ccc(O)c(O)c1-3. The molecule has 2 aromatic carbocycles. The minimum atomic E-state index is -0.0970. The molecule has 0 radical (unpaired) electrons. The van der Waals surface area contributed by atoms with Crippen LogP contribution in [0.15, 0.2) is 24.3 Å². The van der Waals surface area contributed by atoms with Crippen molar-refractivity contribution < 1.29 is 15.3 Å². The molecule has 3 N–H and O–H groups in total. The van der Waals surface area contributed by atoms with Gasteiger partial charge in [0.25, 0.3) is 0 Å². The van der Waals surface area contributed by atoms with Crippen LogP contribution in [0, 0.1) is 5.92 Å². The predicted molar refractivity (Wildman–Crippen MR) is 90.0 cm³/mol. The first-order chi connectivity index (χ1) is 11.1. The van der Waals surface area contributed by atoms with Crippen LogP contribution in [0.1, 0.15) is 48.8 Å². The molecule has 0 aromatic heterocycles. The number of hydrogen-bond acceptors (Lipinski definition) is 3. The van der Waals surface area contributed by atoms with Gasteiger partial charge in [-0.25, -0.2) is 0 Å². The highest BCUT2D eigenvalue weighted by Gasteiger charge is 2.37. The van der Waals surface area contributed by atoms with Gasteiger partial charge >= 0.3 is 0 Å². The Hall–Kier alpha value is -2.16. The lowest BCUT2D eigenvalue weighted by atomic mass is 9.65. The standard InChI is InChI=1S/C20H22O3/c1-2-3-11-4-5-12-8-14(21)10-16-18(12)15(11)9-13-6-7-17(22)20(23)19(13)16/h6-8,10-11,15,21-23H,2-5,9H2,1H3/t11?,15-/m0/s1. The number of aromatic hydroxyl groups is 3. The van der Waals surface area contributed by atoms with E-state index in [0.29, 0.717) is 17.4 Å². The van der Waals surface area contributed by atoms with Crippen LogP contribution in [0.2, 0.25) is 0 Å². The van der Waals surface area contributed by atoms with E-state index in [2.05, 4.69) is 6.92 Å². The molecule has 0 fully saturated rings. The predicted octanol–water partition coefficient (Wildman–Crippen LogP) is 4.47. The van der Waals surface area contributed by atoms with Crippen molar-refractivity contribution in [3.8, 4) is 28.4 Å². The molecule has 3 heteroatoms. The molecule has 0 saturated carbocycles. The maximum atomic E-state index is 10.4. The molecule has 3 nitrogen and oxygen atoms in total. The molecule has 0 amide bonds. The van der Waals surface area contributed by atoms with Gasteiger partial charge in [-0.05, 0) is 71.6 Å². The Kier molecular flexibility index (Phi) is 3.26. The normalized spacial score (nSPS) is 21.6. The van der Waals surface area contributed by atoms with Gasteiger partial charge in [-0.1, -0.05) is 25.8 Å². The summed E-state index contributed by atoms with van der Waals surface area (Å²) in [5.74, 6) is 1.18. The third kappa shape index (κ3) is 2.10. The first-order valence-corrected chi connectivity index (χ1v) is 8.50. The van der Waals surface area contributed by atoms with Gasteiger partial charge in [0.2, 0.25) is 0 Å². The number of rotatable bonds is 2. The average molecular weight is 310 g/mol. The number of hydrogen-bond donors (Lipinski definition) is 3. The Morgan fingerprint density at radius 1 is 1.09 bits per heavy atom. The zero-order valence-electron chi connectivity index (χ0n) is 13.3. The third-order valence-corrected chi connectivity index (χ3v) is 5.59. The summed E-state index contributed by atoms with van der Waals surface area (Å²) >= 11 is 0. The minimum absolute atomic E-state index is 0.0636. The van der Waals surface area contributed by atoms with E-state index in [4.69, 9.17) is 0 Å². The van der Waals surface area contributed by atoms with E-state index in [1.807, 2.05) is 12.1 Å². The Balaban J connectivity index is 1.98. The van der Waals surface area contributed by atoms with Crippen molar-refractivity contribution in [2.24, 2.45) is 5.92 Å². The molecule has 120 valence electrons. The third-order valence-electron chi connectivity index (χ3n) is 5.59. The molecule has 2 aliphatic carbocycles. The summed E-state index contributed by atoms with van der Waals surface area (Å²) in [5, 5.41) is 30.4. The van der Waals surface area contributed by atoms with Crippen LogP contribution in [0.4, 0.5) is 0 Å². The van der Waals surface area contributed by atoms with Gasteiger partial charge in [-0.3, -0.25) is 0 Å². The summed E-state index contributed by atoms with van der Waals surface area (Å²) in [7, 11) is 0. The smallest absolute Gasteiger partial charge is 0.165 e. The van der Waals surface area contributed by atoms with E-state index < -0.39 is 0 Å². The fourth-order valence-electron chi connectivity index (χ4n) is 4.64. The molecule has 0 bridgehead atoms. The molecule has 1 unspecified atom stereocenters. The quantitative estimate of drug-likeness (QED) is 0.717.